The van der Waals surface area contributed by atoms with Crippen LogP contribution in [0.3, 0.4) is 0 Å². The minimum Gasteiger partial charge on any atom is -0.330 e. The maximum atomic E-state index is 11.6. The topological polar surface area (TPSA) is 69.1 Å². The van der Waals surface area contributed by atoms with E-state index in [2.05, 4.69) is 0 Å². The molecule has 4 N–H and O–H groups in total. The van der Waals surface area contributed by atoms with Crippen molar-refractivity contribution in [3.05, 3.63) is 0 Å². The molecule has 0 fully saturated rings. The molecular formula is C5H11FN2O. The molecule has 0 aliphatic rings. The van der Waals surface area contributed by atoms with Gasteiger partial charge in [-0.2, -0.15) is 0 Å². The van der Waals surface area contributed by atoms with E-state index in [4.69, 9.17) is 11.5 Å². The van der Waals surface area contributed by atoms with Crippen molar-refractivity contribution in [3.63, 3.8) is 0 Å². The van der Waals surface area contributed by atoms with E-state index in [1.807, 2.05) is 0 Å². The quantitative estimate of drug-likeness (QED) is 0.529. The van der Waals surface area contributed by atoms with Gasteiger partial charge in [-0.25, -0.2) is 4.39 Å². The van der Waals surface area contributed by atoms with Crippen LogP contribution in [0.5, 0.6) is 0 Å². The van der Waals surface area contributed by atoms with Gasteiger partial charge in [0.15, 0.2) is 5.78 Å². The van der Waals surface area contributed by atoms with Crippen molar-refractivity contribution in [2.45, 2.75) is 12.5 Å². The van der Waals surface area contributed by atoms with Crippen LogP contribution in [-0.4, -0.2) is 25.0 Å². The van der Waals surface area contributed by atoms with Gasteiger partial charge in [-0.1, -0.05) is 0 Å². The number of Topliss-reactive ketones (excluding diaryl/α,β-unsaturated/α-hetero) is 1. The van der Waals surface area contributed by atoms with Gasteiger partial charge < -0.3 is 11.5 Å². The summed E-state index contributed by atoms with van der Waals surface area (Å²) in [6.45, 7) is -0.550. The molecule has 0 amide bonds. The molecule has 9 heavy (non-hydrogen) atoms. The number of alkyl halides is 1. The summed E-state index contributed by atoms with van der Waals surface area (Å²) in [5, 5.41) is 0. The van der Waals surface area contributed by atoms with Crippen molar-refractivity contribution in [2.75, 3.05) is 13.2 Å². The maximum absolute atomic E-state index is 11.6. The Bertz CT molecular complexity index is 97.0. The van der Waals surface area contributed by atoms with Crippen LogP contribution >= 0.6 is 0 Å². The maximum Gasteiger partial charge on any atom is 0.153 e. The summed E-state index contributed by atoms with van der Waals surface area (Å²) < 4.78 is 11.6. The number of halogens is 1. The van der Waals surface area contributed by atoms with Crippen LogP contribution in [-0.2, 0) is 4.79 Å². The summed E-state index contributed by atoms with van der Waals surface area (Å²) in [7, 11) is 0. The van der Waals surface area contributed by atoms with Gasteiger partial charge in [-0.3, -0.25) is 4.79 Å². The molecule has 0 heterocycles. The highest BCUT2D eigenvalue weighted by Crippen LogP contribution is 1.87. The molecule has 54 valence electrons. The molecule has 3 nitrogen and oxygen atoms in total. The largest absolute Gasteiger partial charge is 0.330 e. The van der Waals surface area contributed by atoms with E-state index in [9.17, 15) is 9.18 Å². The van der Waals surface area contributed by atoms with Crippen molar-refractivity contribution < 1.29 is 9.18 Å². The van der Waals surface area contributed by atoms with Gasteiger partial charge >= 0.3 is 0 Å². The molecule has 0 saturated heterocycles. The number of nitrogens with two attached hydrogens (primary N) is 2. The zero-order chi connectivity index (χ0) is 7.28. The fourth-order valence-electron chi connectivity index (χ4n) is 0.414. The fourth-order valence-corrected chi connectivity index (χ4v) is 0.414. The average molecular weight is 134 g/mol. The minimum atomic E-state index is -0.964. The second-order valence-electron chi connectivity index (χ2n) is 1.77. The van der Waals surface area contributed by atoms with Crippen LogP contribution in [0.2, 0.25) is 0 Å². The van der Waals surface area contributed by atoms with Gasteiger partial charge in [-0.05, 0) is 6.54 Å². The number of carbonyl (C=O) groups is 1. The Balaban J connectivity index is 3.46. The summed E-state index contributed by atoms with van der Waals surface area (Å²) >= 11 is 0. The molecule has 0 aromatic heterocycles. The third kappa shape index (κ3) is 3.16. The lowest BCUT2D eigenvalue weighted by molar-refractivity contribution is -0.120. The smallest absolute Gasteiger partial charge is 0.153 e. The van der Waals surface area contributed by atoms with Gasteiger partial charge in [-0.15, -0.1) is 0 Å². The number of hydrogen-bond donors (Lipinski definition) is 2. The molecule has 0 aromatic carbocycles. The predicted molar refractivity (Wildman–Crippen MR) is 32.6 cm³/mol. The molecule has 0 aliphatic heterocycles. The fraction of sp³-hybridized carbons (Fsp3) is 0.800. The first-order valence-electron chi connectivity index (χ1n) is 2.76. The number of carbonyl (C=O) groups excluding carboxylic acids is 1. The Hall–Kier alpha value is -0.480. The molecular weight excluding hydrogens is 123 g/mol. The molecule has 0 saturated carbocycles. The summed E-state index contributed by atoms with van der Waals surface area (Å²) in [5.41, 5.74) is 10.0. The highest BCUT2D eigenvalue weighted by molar-refractivity contribution is 5.83. The minimum absolute atomic E-state index is 0.172. The third-order valence-corrected chi connectivity index (χ3v) is 0.971. The third-order valence-electron chi connectivity index (χ3n) is 0.971. The first-order valence-corrected chi connectivity index (χ1v) is 2.76. The monoisotopic (exact) mass is 134 g/mol. The van der Waals surface area contributed by atoms with E-state index in [1.165, 1.54) is 0 Å². The van der Waals surface area contributed by atoms with Gasteiger partial charge in [0.25, 0.3) is 0 Å². The van der Waals surface area contributed by atoms with Gasteiger partial charge in [0.05, 0.1) is 6.04 Å². The molecule has 0 bridgehead atoms. The summed E-state index contributed by atoms with van der Waals surface area (Å²) in [4.78, 5) is 10.5. The molecule has 0 radical (unpaired) electrons. The second-order valence-corrected chi connectivity index (χ2v) is 1.77. The first kappa shape index (κ1) is 8.52. The zero-order valence-corrected chi connectivity index (χ0v) is 5.14. The highest BCUT2D eigenvalue weighted by Gasteiger charge is 2.10. The van der Waals surface area contributed by atoms with Crippen LogP contribution in [0, 0.1) is 0 Å². The van der Waals surface area contributed by atoms with Gasteiger partial charge in [0.2, 0.25) is 0 Å². The molecule has 0 aliphatic carbocycles. The molecule has 0 aromatic rings. The van der Waals surface area contributed by atoms with E-state index in [0.29, 0.717) is 0 Å². The van der Waals surface area contributed by atoms with Crippen molar-refractivity contribution >= 4 is 5.78 Å². The molecule has 0 spiro atoms. The number of rotatable bonds is 4. The summed E-state index contributed by atoms with van der Waals surface area (Å²) in [6.07, 6.45) is 0.172. The summed E-state index contributed by atoms with van der Waals surface area (Å²) in [6, 6.07) is -0.964. The van der Waals surface area contributed by atoms with E-state index in [1.54, 1.807) is 0 Å². The van der Waals surface area contributed by atoms with E-state index < -0.39 is 12.7 Å². The SMILES string of the molecule is NCCC(=O)C(N)CF. The van der Waals surface area contributed by atoms with Crippen LogP contribution < -0.4 is 11.5 Å². The van der Waals surface area contributed by atoms with Crippen LogP contribution in [0.25, 0.3) is 0 Å². The predicted octanol–water partition coefficient (Wildman–Crippen LogP) is -0.799. The first-order chi connectivity index (χ1) is 4.22. The standard InChI is InChI=1S/C5H11FN2O/c6-3-4(8)5(9)1-2-7/h4H,1-3,7-8H2. The molecule has 4 heteroatoms. The van der Waals surface area contributed by atoms with Gasteiger partial charge in [0, 0.05) is 6.42 Å². The Morgan fingerprint density at radius 3 is 2.56 bits per heavy atom. The Labute approximate surface area is 53.2 Å². The normalized spacial score (nSPS) is 13.2. The molecule has 1 unspecified atom stereocenters. The van der Waals surface area contributed by atoms with Crippen LogP contribution in [0.15, 0.2) is 0 Å². The summed E-state index contributed by atoms with van der Waals surface area (Å²) in [5.74, 6) is -0.306. The molecule has 0 rings (SSSR count). The zero-order valence-electron chi connectivity index (χ0n) is 5.14. The van der Waals surface area contributed by atoms with E-state index in [0.717, 1.165) is 0 Å². The Kier molecular flexibility index (Phi) is 4.17. The van der Waals surface area contributed by atoms with Gasteiger partial charge in [0.1, 0.15) is 6.67 Å². The lowest BCUT2D eigenvalue weighted by Gasteiger charge is -2.02. The highest BCUT2D eigenvalue weighted by atomic mass is 19.1. The average Bonchev–Trinajstić information content (AvgIpc) is 1.87. The van der Waals surface area contributed by atoms with Crippen LogP contribution in [0.1, 0.15) is 6.42 Å². The van der Waals surface area contributed by atoms with Crippen molar-refractivity contribution in [1.82, 2.24) is 0 Å². The van der Waals surface area contributed by atoms with Crippen molar-refractivity contribution in [2.24, 2.45) is 11.5 Å². The van der Waals surface area contributed by atoms with Crippen LogP contribution in [0.4, 0.5) is 4.39 Å². The number of hydrogen-bond acceptors (Lipinski definition) is 3. The number of ketones is 1. The lowest BCUT2D eigenvalue weighted by atomic mass is 10.1. The Morgan fingerprint density at radius 1 is 1.67 bits per heavy atom. The molecule has 1 atom stereocenters. The Morgan fingerprint density at radius 2 is 2.22 bits per heavy atom. The van der Waals surface area contributed by atoms with E-state index >= 15 is 0 Å². The van der Waals surface area contributed by atoms with Crippen molar-refractivity contribution in [1.29, 1.82) is 0 Å². The van der Waals surface area contributed by atoms with E-state index in [-0.39, 0.29) is 18.7 Å². The lowest BCUT2D eigenvalue weighted by Crippen LogP contribution is -2.33. The van der Waals surface area contributed by atoms with Crippen molar-refractivity contribution in [3.8, 4) is 0 Å². The second kappa shape index (κ2) is 4.40.